The van der Waals surface area contributed by atoms with E-state index in [0.717, 1.165) is 43.9 Å². The van der Waals surface area contributed by atoms with Crippen molar-refractivity contribution in [1.82, 2.24) is 15.0 Å². The molecule has 0 spiro atoms. The lowest BCUT2D eigenvalue weighted by molar-refractivity contribution is 0.0816. The maximum absolute atomic E-state index is 6.29. The molecule has 2 aromatic rings. The topological polar surface area (TPSA) is 60.6 Å². The summed E-state index contributed by atoms with van der Waals surface area (Å²) in [5.41, 5.74) is 1.10. The standard InChI is InChI=1S/C19H25N3O3/c1-13-20-17(25-21-13)12-22-9-7-15(8-10-22)23-16-6-4-5-14-11-19(2,3)24-18(14)16/h4-6,15H,7-12H2,1-3H3. The van der Waals surface area contributed by atoms with E-state index in [-0.39, 0.29) is 11.7 Å². The van der Waals surface area contributed by atoms with Crippen LogP contribution in [0.2, 0.25) is 0 Å². The predicted molar refractivity (Wildman–Crippen MR) is 92.8 cm³/mol. The molecule has 134 valence electrons. The molecule has 25 heavy (non-hydrogen) atoms. The van der Waals surface area contributed by atoms with Gasteiger partial charge in [0, 0.05) is 25.1 Å². The third kappa shape index (κ3) is 3.63. The first-order chi connectivity index (χ1) is 12.0. The number of aryl methyl sites for hydroxylation is 1. The Morgan fingerprint density at radius 3 is 2.80 bits per heavy atom. The molecule has 0 unspecified atom stereocenters. The Balaban J connectivity index is 1.35. The zero-order valence-corrected chi connectivity index (χ0v) is 15.1. The Kier molecular flexibility index (Phi) is 4.15. The molecular formula is C19H25N3O3. The van der Waals surface area contributed by atoms with Gasteiger partial charge in [-0.2, -0.15) is 4.98 Å². The molecule has 3 heterocycles. The molecule has 2 aliphatic rings. The van der Waals surface area contributed by atoms with Crippen LogP contribution in [0.1, 0.15) is 44.0 Å². The number of likely N-dealkylation sites (tertiary alicyclic amines) is 1. The van der Waals surface area contributed by atoms with Gasteiger partial charge in [-0.25, -0.2) is 0 Å². The highest BCUT2D eigenvalue weighted by Gasteiger charge is 2.33. The number of rotatable bonds is 4. The van der Waals surface area contributed by atoms with Crippen molar-refractivity contribution >= 4 is 0 Å². The minimum atomic E-state index is -0.145. The van der Waals surface area contributed by atoms with Crippen molar-refractivity contribution in [3.8, 4) is 11.5 Å². The van der Waals surface area contributed by atoms with Crippen LogP contribution in [0.15, 0.2) is 22.7 Å². The number of benzene rings is 1. The zero-order valence-electron chi connectivity index (χ0n) is 15.1. The lowest BCUT2D eigenvalue weighted by atomic mass is 10.0. The van der Waals surface area contributed by atoms with E-state index in [4.69, 9.17) is 14.0 Å². The van der Waals surface area contributed by atoms with Crippen molar-refractivity contribution in [1.29, 1.82) is 0 Å². The van der Waals surface area contributed by atoms with Gasteiger partial charge in [0.1, 0.15) is 11.7 Å². The van der Waals surface area contributed by atoms with Crippen molar-refractivity contribution in [2.75, 3.05) is 13.1 Å². The number of ether oxygens (including phenoxy) is 2. The Labute approximate surface area is 148 Å². The lowest BCUT2D eigenvalue weighted by Gasteiger charge is -2.31. The number of aromatic nitrogens is 2. The van der Waals surface area contributed by atoms with Crippen molar-refractivity contribution in [3.63, 3.8) is 0 Å². The van der Waals surface area contributed by atoms with Crippen LogP contribution in [-0.4, -0.2) is 39.8 Å². The van der Waals surface area contributed by atoms with Crippen LogP contribution in [-0.2, 0) is 13.0 Å². The van der Waals surface area contributed by atoms with E-state index in [1.165, 1.54) is 5.56 Å². The lowest BCUT2D eigenvalue weighted by Crippen LogP contribution is -2.38. The number of piperidine rings is 1. The van der Waals surface area contributed by atoms with E-state index < -0.39 is 0 Å². The second-order valence-corrected chi connectivity index (χ2v) is 7.61. The highest BCUT2D eigenvalue weighted by molar-refractivity contribution is 5.50. The van der Waals surface area contributed by atoms with Crippen molar-refractivity contribution in [2.45, 2.75) is 58.3 Å². The van der Waals surface area contributed by atoms with E-state index >= 15 is 0 Å². The molecule has 0 amide bonds. The summed E-state index contributed by atoms with van der Waals surface area (Å²) in [6.07, 6.45) is 3.13. The molecule has 2 aliphatic heterocycles. The number of para-hydroxylation sites is 1. The van der Waals surface area contributed by atoms with Gasteiger partial charge in [0.15, 0.2) is 17.3 Å². The molecule has 6 nitrogen and oxygen atoms in total. The van der Waals surface area contributed by atoms with Gasteiger partial charge >= 0.3 is 0 Å². The van der Waals surface area contributed by atoms with Crippen molar-refractivity contribution in [2.24, 2.45) is 0 Å². The fourth-order valence-corrected chi connectivity index (χ4v) is 3.64. The Hall–Kier alpha value is -2.08. The highest BCUT2D eigenvalue weighted by atomic mass is 16.5. The van der Waals surface area contributed by atoms with Crippen LogP contribution in [0.25, 0.3) is 0 Å². The molecule has 0 N–H and O–H groups in total. The van der Waals surface area contributed by atoms with Gasteiger partial charge in [-0.1, -0.05) is 17.3 Å². The average molecular weight is 343 g/mol. The Bertz CT molecular complexity index is 748. The first kappa shape index (κ1) is 16.4. The largest absolute Gasteiger partial charge is 0.486 e. The summed E-state index contributed by atoms with van der Waals surface area (Å²) in [4.78, 5) is 6.61. The normalized spacial score (nSPS) is 20.3. The van der Waals surface area contributed by atoms with Crippen LogP contribution in [0.4, 0.5) is 0 Å². The second-order valence-electron chi connectivity index (χ2n) is 7.61. The summed E-state index contributed by atoms with van der Waals surface area (Å²) >= 11 is 0. The minimum absolute atomic E-state index is 0.145. The molecule has 0 radical (unpaired) electrons. The monoisotopic (exact) mass is 343 g/mol. The quantitative estimate of drug-likeness (QED) is 0.850. The van der Waals surface area contributed by atoms with E-state index in [1.54, 1.807) is 0 Å². The number of nitrogens with zero attached hydrogens (tertiary/aromatic N) is 3. The fourth-order valence-electron chi connectivity index (χ4n) is 3.64. The van der Waals surface area contributed by atoms with Gasteiger partial charge in [-0.3, -0.25) is 4.90 Å². The second kappa shape index (κ2) is 6.33. The summed E-state index contributed by atoms with van der Waals surface area (Å²) in [5, 5.41) is 3.85. The highest BCUT2D eigenvalue weighted by Crippen LogP contribution is 2.42. The van der Waals surface area contributed by atoms with Crippen LogP contribution in [0.5, 0.6) is 11.5 Å². The SMILES string of the molecule is Cc1noc(CN2CCC(Oc3cccc4c3OC(C)(C)C4)CC2)n1. The van der Waals surface area contributed by atoms with Gasteiger partial charge < -0.3 is 14.0 Å². The molecule has 0 aliphatic carbocycles. The number of hydrogen-bond donors (Lipinski definition) is 0. The Morgan fingerprint density at radius 2 is 2.08 bits per heavy atom. The van der Waals surface area contributed by atoms with Gasteiger partial charge in [0.05, 0.1) is 6.54 Å². The maximum atomic E-state index is 6.29. The summed E-state index contributed by atoms with van der Waals surface area (Å²) in [7, 11) is 0. The molecule has 1 aromatic carbocycles. The van der Waals surface area contributed by atoms with Crippen LogP contribution >= 0.6 is 0 Å². The summed E-state index contributed by atoms with van der Waals surface area (Å²) < 4.78 is 17.6. The van der Waals surface area contributed by atoms with Crippen LogP contribution in [0, 0.1) is 6.92 Å². The molecule has 0 bridgehead atoms. The van der Waals surface area contributed by atoms with E-state index in [9.17, 15) is 0 Å². The fraction of sp³-hybridized carbons (Fsp3) is 0.579. The summed E-state index contributed by atoms with van der Waals surface area (Å²) in [6, 6.07) is 6.21. The van der Waals surface area contributed by atoms with E-state index in [0.29, 0.717) is 18.3 Å². The minimum Gasteiger partial charge on any atom is -0.486 e. The van der Waals surface area contributed by atoms with Crippen LogP contribution < -0.4 is 9.47 Å². The smallest absolute Gasteiger partial charge is 0.240 e. The average Bonchev–Trinajstić information content (AvgIpc) is 3.11. The predicted octanol–water partition coefficient (Wildman–Crippen LogP) is 3.13. The molecule has 4 rings (SSSR count). The van der Waals surface area contributed by atoms with Gasteiger partial charge in [0.25, 0.3) is 0 Å². The molecule has 0 saturated carbocycles. The zero-order chi connectivity index (χ0) is 17.4. The maximum Gasteiger partial charge on any atom is 0.240 e. The molecule has 0 atom stereocenters. The third-order valence-electron chi connectivity index (χ3n) is 4.81. The number of hydrogen-bond acceptors (Lipinski definition) is 6. The molecule has 1 saturated heterocycles. The first-order valence-corrected chi connectivity index (χ1v) is 8.98. The molecule has 6 heteroatoms. The Morgan fingerprint density at radius 1 is 1.28 bits per heavy atom. The molecular weight excluding hydrogens is 318 g/mol. The summed E-state index contributed by atoms with van der Waals surface area (Å²) in [6.45, 7) is 8.73. The van der Waals surface area contributed by atoms with Gasteiger partial charge in [0.2, 0.25) is 5.89 Å². The molecule has 1 aromatic heterocycles. The molecule has 1 fully saturated rings. The summed E-state index contributed by atoms with van der Waals surface area (Å²) in [5.74, 6) is 3.19. The van der Waals surface area contributed by atoms with E-state index in [2.05, 4.69) is 41.0 Å². The van der Waals surface area contributed by atoms with Gasteiger partial charge in [-0.05, 0) is 39.7 Å². The van der Waals surface area contributed by atoms with E-state index in [1.807, 2.05) is 13.0 Å². The third-order valence-corrected chi connectivity index (χ3v) is 4.81. The van der Waals surface area contributed by atoms with Crippen molar-refractivity contribution in [3.05, 3.63) is 35.5 Å². The first-order valence-electron chi connectivity index (χ1n) is 8.98. The number of fused-ring (bicyclic) bond motifs is 1. The van der Waals surface area contributed by atoms with Gasteiger partial charge in [-0.15, -0.1) is 0 Å². The van der Waals surface area contributed by atoms with Crippen molar-refractivity contribution < 1.29 is 14.0 Å². The van der Waals surface area contributed by atoms with Crippen LogP contribution in [0.3, 0.4) is 0 Å².